The topological polar surface area (TPSA) is 121 Å². The lowest BCUT2D eigenvalue weighted by atomic mass is 9.59. The number of aromatic hydroxyl groups is 2. The summed E-state index contributed by atoms with van der Waals surface area (Å²) in [5, 5.41) is 20.1. The van der Waals surface area contributed by atoms with Gasteiger partial charge in [-0.25, -0.2) is 0 Å². The van der Waals surface area contributed by atoms with E-state index < -0.39 is 23.7 Å². The molecule has 0 aromatic heterocycles. The van der Waals surface area contributed by atoms with Gasteiger partial charge in [-0.1, -0.05) is 29.8 Å². The molecule has 6 rings (SSSR count). The Labute approximate surface area is 231 Å². The molecule has 1 heterocycles. The van der Waals surface area contributed by atoms with Crippen molar-refractivity contribution in [2.45, 2.75) is 32.1 Å². The van der Waals surface area contributed by atoms with Gasteiger partial charge in [0.2, 0.25) is 11.8 Å². The van der Waals surface area contributed by atoms with Crippen LogP contribution in [0.4, 0.5) is 0 Å². The van der Waals surface area contributed by atoms with Crippen LogP contribution in [-0.2, 0) is 25.6 Å². The van der Waals surface area contributed by atoms with Crippen LogP contribution in [0.5, 0.6) is 17.2 Å². The van der Waals surface area contributed by atoms with Crippen molar-refractivity contribution in [2.24, 2.45) is 17.8 Å². The van der Waals surface area contributed by atoms with Gasteiger partial charge in [-0.3, -0.25) is 24.1 Å². The van der Waals surface area contributed by atoms with Gasteiger partial charge < -0.3 is 14.9 Å². The number of ketones is 2. The van der Waals surface area contributed by atoms with E-state index in [2.05, 4.69) is 0 Å². The maximum Gasteiger partial charge on any atom is 0.233 e. The first-order valence-electron chi connectivity index (χ1n) is 13.4. The van der Waals surface area contributed by atoms with Crippen LogP contribution in [0.2, 0.25) is 0 Å². The molecule has 1 aliphatic heterocycles. The molecule has 204 valence electrons. The van der Waals surface area contributed by atoms with Crippen LogP contribution >= 0.6 is 0 Å². The van der Waals surface area contributed by atoms with E-state index in [1.807, 2.05) is 6.08 Å². The van der Waals surface area contributed by atoms with Gasteiger partial charge in [-0.2, -0.15) is 0 Å². The number of fused-ring (bicyclic) bond motifs is 3. The molecule has 4 atom stereocenters. The number of benzene rings is 2. The molecule has 2 aromatic rings. The number of allylic oxidation sites excluding steroid dienone is 6. The molecule has 4 unspecified atom stereocenters. The number of amides is 2. The van der Waals surface area contributed by atoms with Crippen LogP contribution in [0.15, 0.2) is 76.9 Å². The van der Waals surface area contributed by atoms with Gasteiger partial charge in [0.1, 0.15) is 5.75 Å². The van der Waals surface area contributed by atoms with E-state index in [9.17, 15) is 29.4 Å². The van der Waals surface area contributed by atoms with Crippen LogP contribution in [0.3, 0.4) is 0 Å². The Morgan fingerprint density at radius 2 is 1.73 bits per heavy atom. The summed E-state index contributed by atoms with van der Waals surface area (Å²) in [6.07, 6.45) is 4.34. The molecule has 0 spiro atoms. The first-order valence-corrected chi connectivity index (χ1v) is 13.4. The number of phenols is 2. The minimum atomic E-state index is -0.634. The Balaban J connectivity index is 1.38. The van der Waals surface area contributed by atoms with Crippen LogP contribution in [0.1, 0.15) is 36.8 Å². The number of Topliss-reactive ketones (excluding diaryl/α,β-unsaturated/α-hetero) is 1. The molecule has 8 nitrogen and oxygen atoms in total. The average Bonchev–Trinajstić information content (AvgIpc) is 3.19. The molecule has 0 saturated carbocycles. The zero-order chi connectivity index (χ0) is 28.3. The number of likely N-dealkylation sites (tertiary alicyclic amines) is 1. The summed E-state index contributed by atoms with van der Waals surface area (Å²) in [4.78, 5) is 55.3. The summed E-state index contributed by atoms with van der Waals surface area (Å²) in [7, 11) is 1.45. The molecule has 2 N–H and O–H groups in total. The zero-order valence-corrected chi connectivity index (χ0v) is 22.2. The normalized spacial score (nSPS) is 25.8. The van der Waals surface area contributed by atoms with Crippen molar-refractivity contribution in [3.63, 3.8) is 0 Å². The van der Waals surface area contributed by atoms with E-state index in [0.29, 0.717) is 35.1 Å². The van der Waals surface area contributed by atoms with Gasteiger partial charge >= 0.3 is 0 Å². The molecular formula is C32H29NO7. The fourth-order valence-corrected chi connectivity index (χ4v) is 6.82. The van der Waals surface area contributed by atoms with Crippen molar-refractivity contribution in [2.75, 3.05) is 13.7 Å². The predicted octanol–water partition coefficient (Wildman–Crippen LogP) is 3.78. The van der Waals surface area contributed by atoms with Gasteiger partial charge in [0, 0.05) is 29.2 Å². The molecule has 0 radical (unpaired) electrons. The van der Waals surface area contributed by atoms with E-state index in [1.165, 1.54) is 18.1 Å². The second-order valence-electron chi connectivity index (χ2n) is 10.9. The smallest absolute Gasteiger partial charge is 0.233 e. The van der Waals surface area contributed by atoms with Crippen molar-refractivity contribution >= 4 is 23.4 Å². The molecule has 1 fully saturated rings. The quantitative estimate of drug-likeness (QED) is 0.337. The summed E-state index contributed by atoms with van der Waals surface area (Å²) in [5.41, 5.74) is 3.47. The lowest BCUT2D eigenvalue weighted by molar-refractivity contribution is -0.140. The van der Waals surface area contributed by atoms with Crippen molar-refractivity contribution in [1.82, 2.24) is 4.90 Å². The number of carbonyl (C=O) groups is 4. The Bertz CT molecular complexity index is 1560. The number of hydrogen-bond acceptors (Lipinski definition) is 7. The Morgan fingerprint density at radius 1 is 0.975 bits per heavy atom. The molecule has 0 bridgehead atoms. The maximum atomic E-state index is 13.8. The highest BCUT2D eigenvalue weighted by atomic mass is 16.5. The standard InChI is InChI=1S/C32H29NO7/c1-16-13-24(35)23-15-22-20(27(29(23)30(16)37)18-5-10-26(40-2)25(36)14-18)8-9-21-28(22)32(39)33(31(21)38)12-11-17-3-6-19(34)7-4-17/h3-8,10,13-14,21-22,27-28,34,36H,9,11-12,15H2,1-2H3. The van der Waals surface area contributed by atoms with Crippen LogP contribution in [-0.4, -0.2) is 52.1 Å². The highest BCUT2D eigenvalue weighted by Gasteiger charge is 2.56. The van der Waals surface area contributed by atoms with Gasteiger partial charge in [0.25, 0.3) is 0 Å². The zero-order valence-electron chi connectivity index (χ0n) is 22.2. The van der Waals surface area contributed by atoms with E-state index in [0.717, 1.165) is 11.1 Å². The summed E-state index contributed by atoms with van der Waals surface area (Å²) in [6, 6.07) is 11.6. The molecule has 1 saturated heterocycles. The molecule has 3 aliphatic carbocycles. The van der Waals surface area contributed by atoms with Crippen LogP contribution < -0.4 is 4.74 Å². The van der Waals surface area contributed by atoms with Gasteiger partial charge in [0.15, 0.2) is 23.1 Å². The lowest BCUT2D eigenvalue weighted by Crippen LogP contribution is -2.40. The van der Waals surface area contributed by atoms with E-state index >= 15 is 0 Å². The summed E-state index contributed by atoms with van der Waals surface area (Å²) >= 11 is 0. The fourth-order valence-electron chi connectivity index (χ4n) is 6.82. The number of rotatable bonds is 5. The number of methoxy groups -OCH3 is 1. The Kier molecular flexibility index (Phi) is 6.21. The minimum absolute atomic E-state index is 0.0899. The number of carbonyl (C=O) groups excluding carboxylic acids is 4. The molecule has 8 heteroatoms. The first-order chi connectivity index (χ1) is 19.2. The fraction of sp³-hybridized carbons (Fsp3) is 0.312. The molecular weight excluding hydrogens is 510 g/mol. The number of ether oxygens (including phenoxy) is 1. The Hall–Kier alpha value is -4.46. The van der Waals surface area contributed by atoms with Gasteiger partial charge in [-0.05, 0) is 73.6 Å². The average molecular weight is 540 g/mol. The summed E-state index contributed by atoms with van der Waals surface area (Å²) < 4.78 is 5.20. The number of hydrogen-bond donors (Lipinski definition) is 2. The third kappa shape index (κ3) is 3.97. The van der Waals surface area contributed by atoms with E-state index in [4.69, 9.17) is 4.74 Å². The minimum Gasteiger partial charge on any atom is -0.508 e. The van der Waals surface area contributed by atoms with Crippen LogP contribution in [0, 0.1) is 17.8 Å². The molecule has 40 heavy (non-hydrogen) atoms. The van der Waals surface area contributed by atoms with Crippen molar-refractivity contribution in [1.29, 1.82) is 0 Å². The number of imide groups is 1. The lowest BCUT2D eigenvalue weighted by Gasteiger charge is -2.42. The van der Waals surface area contributed by atoms with Crippen molar-refractivity contribution in [3.05, 3.63) is 88.0 Å². The summed E-state index contributed by atoms with van der Waals surface area (Å²) in [5.74, 6) is -2.82. The summed E-state index contributed by atoms with van der Waals surface area (Å²) in [6.45, 7) is 1.84. The second-order valence-corrected chi connectivity index (χ2v) is 10.9. The molecule has 2 aromatic carbocycles. The SMILES string of the molecule is COc1ccc(C2C3=CCC4C(=O)N(CCc5ccc(O)cc5)C(=O)C4C3CC3=C2C(=O)C(C)=CC3=O)cc1O. The highest BCUT2D eigenvalue weighted by Crippen LogP contribution is 2.55. The predicted molar refractivity (Wildman–Crippen MR) is 145 cm³/mol. The van der Waals surface area contributed by atoms with Gasteiger partial charge in [0.05, 0.1) is 18.9 Å². The van der Waals surface area contributed by atoms with Crippen molar-refractivity contribution < 1.29 is 34.1 Å². The number of nitrogens with zero attached hydrogens (tertiary/aromatic N) is 1. The monoisotopic (exact) mass is 539 g/mol. The highest BCUT2D eigenvalue weighted by molar-refractivity contribution is 6.23. The van der Waals surface area contributed by atoms with E-state index in [1.54, 1.807) is 49.4 Å². The largest absolute Gasteiger partial charge is 0.508 e. The second kappa shape index (κ2) is 9.62. The number of phenolic OH excluding ortho intramolecular Hbond substituents is 2. The van der Waals surface area contributed by atoms with Crippen molar-refractivity contribution in [3.8, 4) is 17.2 Å². The first kappa shape index (κ1) is 25.8. The maximum absolute atomic E-state index is 13.8. The third-order valence-electron chi connectivity index (χ3n) is 8.75. The Morgan fingerprint density at radius 3 is 2.42 bits per heavy atom. The van der Waals surface area contributed by atoms with Gasteiger partial charge in [-0.15, -0.1) is 0 Å². The van der Waals surface area contributed by atoms with E-state index in [-0.39, 0.29) is 53.6 Å². The molecule has 2 amide bonds. The third-order valence-corrected chi connectivity index (χ3v) is 8.75. The molecule has 4 aliphatic rings. The van der Waals surface area contributed by atoms with Crippen LogP contribution in [0.25, 0.3) is 0 Å².